The van der Waals surface area contributed by atoms with Crippen molar-refractivity contribution in [2.75, 3.05) is 19.6 Å². The van der Waals surface area contributed by atoms with Gasteiger partial charge >= 0.3 is 6.09 Å². The van der Waals surface area contributed by atoms with Crippen LogP contribution in [0.1, 0.15) is 39.7 Å². The van der Waals surface area contributed by atoms with E-state index in [1.54, 1.807) is 20.8 Å². The molecule has 0 atom stereocenters. The Morgan fingerprint density at radius 1 is 1.15 bits per heavy atom. The molecule has 1 aromatic carbocycles. The third kappa shape index (κ3) is 11.6. The molecule has 9 heteroatoms. The zero-order valence-electron chi connectivity index (χ0n) is 16.2. The van der Waals surface area contributed by atoms with Gasteiger partial charge in [-0.15, -0.1) is 24.0 Å². The van der Waals surface area contributed by atoms with Gasteiger partial charge in [-0.1, -0.05) is 0 Å². The number of nitrogens with one attached hydrogen (secondary N) is 3. The largest absolute Gasteiger partial charge is 0.444 e. The summed E-state index contributed by atoms with van der Waals surface area (Å²) in [6.07, 6.45) is 0.192. The number of amides is 1. The Balaban J connectivity index is 0.00000676. The highest BCUT2D eigenvalue weighted by atomic mass is 127. The number of guanidine groups is 1. The van der Waals surface area contributed by atoms with Crippen molar-refractivity contribution in [3.63, 3.8) is 0 Å². The van der Waals surface area contributed by atoms with Gasteiger partial charge in [0.25, 0.3) is 0 Å². The zero-order chi connectivity index (χ0) is 19.6. The van der Waals surface area contributed by atoms with Gasteiger partial charge in [0.05, 0.1) is 6.54 Å². The molecule has 0 heterocycles. The van der Waals surface area contributed by atoms with Crippen molar-refractivity contribution in [3.05, 3.63) is 35.4 Å². The summed E-state index contributed by atoms with van der Waals surface area (Å²) in [5, 5.41) is 8.77. The Bertz CT molecular complexity index is 622. The van der Waals surface area contributed by atoms with Crippen molar-refractivity contribution in [1.82, 2.24) is 16.0 Å². The molecule has 1 rings (SSSR count). The number of hydrogen-bond donors (Lipinski definition) is 3. The predicted molar refractivity (Wildman–Crippen MR) is 113 cm³/mol. The van der Waals surface area contributed by atoms with E-state index in [1.165, 1.54) is 0 Å². The predicted octanol–water partition coefficient (Wildman–Crippen LogP) is 3.55. The molecular formula is C18H29F2IN4O2. The van der Waals surface area contributed by atoms with Crippen molar-refractivity contribution in [1.29, 1.82) is 0 Å². The van der Waals surface area contributed by atoms with Crippen molar-refractivity contribution < 1.29 is 18.3 Å². The van der Waals surface area contributed by atoms with Crippen LogP contribution in [0.5, 0.6) is 0 Å². The Morgan fingerprint density at radius 2 is 1.81 bits per heavy atom. The second-order valence-corrected chi connectivity index (χ2v) is 6.64. The lowest BCUT2D eigenvalue weighted by atomic mass is 10.2. The third-order valence-corrected chi connectivity index (χ3v) is 3.07. The number of benzene rings is 1. The number of hydrogen-bond acceptors (Lipinski definition) is 3. The maximum Gasteiger partial charge on any atom is 0.407 e. The third-order valence-electron chi connectivity index (χ3n) is 3.07. The smallest absolute Gasteiger partial charge is 0.407 e. The zero-order valence-corrected chi connectivity index (χ0v) is 18.5. The lowest BCUT2D eigenvalue weighted by Gasteiger charge is -2.19. The fraction of sp³-hybridized carbons (Fsp3) is 0.556. The van der Waals surface area contributed by atoms with E-state index in [0.29, 0.717) is 32.0 Å². The van der Waals surface area contributed by atoms with Crippen LogP contribution in [0, 0.1) is 11.6 Å². The average molecular weight is 498 g/mol. The van der Waals surface area contributed by atoms with Crippen LogP contribution < -0.4 is 16.0 Å². The molecule has 0 fully saturated rings. The van der Waals surface area contributed by atoms with Crippen LogP contribution in [0.25, 0.3) is 0 Å². The van der Waals surface area contributed by atoms with Crippen LogP contribution in [0.2, 0.25) is 0 Å². The van der Waals surface area contributed by atoms with Gasteiger partial charge < -0.3 is 20.7 Å². The van der Waals surface area contributed by atoms with E-state index >= 15 is 0 Å². The number of halogens is 3. The molecule has 0 radical (unpaired) electrons. The van der Waals surface area contributed by atoms with Crippen LogP contribution in [0.15, 0.2) is 23.2 Å². The fourth-order valence-electron chi connectivity index (χ4n) is 1.97. The van der Waals surface area contributed by atoms with Gasteiger partial charge in [0, 0.05) is 25.2 Å². The fourth-order valence-corrected chi connectivity index (χ4v) is 1.97. The van der Waals surface area contributed by atoms with Crippen LogP contribution >= 0.6 is 24.0 Å². The molecule has 0 saturated heterocycles. The minimum absolute atomic E-state index is 0. The minimum Gasteiger partial charge on any atom is -0.444 e. The molecule has 0 unspecified atom stereocenters. The Hall–Kier alpha value is -1.65. The summed E-state index contributed by atoms with van der Waals surface area (Å²) in [6, 6.07) is 3.29. The molecule has 6 nitrogen and oxygen atoms in total. The van der Waals surface area contributed by atoms with Crippen LogP contribution in [-0.4, -0.2) is 37.3 Å². The first kappa shape index (κ1) is 25.4. The van der Waals surface area contributed by atoms with E-state index in [0.717, 1.165) is 18.2 Å². The Morgan fingerprint density at radius 3 is 2.44 bits per heavy atom. The number of nitrogens with zero attached hydrogens (tertiary/aromatic N) is 1. The van der Waals surface area contributed by atoms with Crippen LogP contribution in [0.4, 0.5) is 13.6 Å². The van der Waals surface area contributed by atoms with Crippen molar-refractivity contribution in [2.24, 2.45) is 4.99 Å². The molecule has 0 spiro atoms. The summed E-state index contributed by atoms with van der Waals surface area (Å²) >= 11 is 0. The van der Waals surface area contributed by atoms with Gasteiger partial charge in [-0.25, -0.2) is 18.6 Å². The van der Waals surface area contributed by atoms with E-state index in [2.05, 4.69) is 20.9 Å². The SMILES string of the molecule is CCNC(=NCc1cc(F)ccc1F)NCCCNC(=O)OC(C)(C)C.I. The van der Waals surface area contributed by atoms with Gasteiger partial charge in [0.1, 0.15) is 17.2 Å². The summed E-state index contributed by atoms with van der Waals surface area (Å²) in [4.78, 5) is 15.8. The summed E-state index contributed by atoms with van der Waals surface area (Å²) < 4.78 is 31.9. The van der Waals surface area contributed by atoms with E-state index in [-0.39, 0.29) is 36.1 Å². The van der Waals surface area contributed by atoms with Gasteiger partial charge in [-0.3, -0.25) is 0 Å². The lowest BCUT2D eigenvalue weighted by molar-refractivity contribution is 0.0527. The summed E-state index contributed by atoms with van der Waals surface area (Å²) in [7, 11) is 0. The van der Waals surface area contributed by atoms with Crippen molar-refractivity contribution in [3.8, 4) is 0 Å². The number of alkyl carbamates (subject to hydrolysis) is 1. The molecule has 0 saturated carbocycles. The van der Waals surface area contributed by atoms with Crippen molar-refractivity contribution >= 4 is 36.0 Å². The maximum absolute atomic E-state index is 13.6. The first-order chi connectivity index (χ1) is 12.2. The monoisotopic (exact) mass is 498 g/mol. The first-order valence-corrected chi connectivity index (χ1v) is 8.64. The molecule has 1 aromatic rings. The number of carbonyl (C=O) groups excluding carboxylic acids is 1. The molecule has 0 aliphatic carbocycles. The molecule has 154 valence electrons. The van der Waals surface area contributed by atoms with E-state index in [1.807, 2.05) is 6.92 Å². The number of carbonyl (C=O) groups is 1. The molecule has 0 bridgehead atoms. The topological polar surface area (TPSA) is 74.8 Å². The number of rotatable bonds is 7. The molecule has 1 amide bonds. The minimum atomic E-state index is -0.528. The van der Waals surface area contributed by atoms with Gasteiger partial charge in [0.15, 0.2) is 5.96 Å². The van der Waals surface area contributed by atoms with Gasteiger partial charge in [-0.2, -0.15) is 0 Å². The Kier molecular flexibility index (Phi) is 11.9. The highest BCUT2D eigenvalue weighted by Crippen LogP contribution is 2.10. The average Bonchev–Trinajstić information content (AvgIpc) is 2.53. The van der Waals surface area contributed by atoms with E-state index < -0.39 is 23.3 Å². The molecule has 27 heavy (non-hydrogen) atoms. The standard InChI is InChI=1S/C18H28F2N4O2.HI/c1-5-21-16(24-12-13-11-14(19)7-8-15(13)20)22-9-6-10-23-17(25)26-18(2,3)4;/h7-8,11H,5-6,9-10,12H2,1-4H3,(H,23,25)(H2,21,22,24);1H. The van der Waals surface area contributed by atoms with E-state index in [4.69, 9.17) is 4.74 Å². The lowest BCUT2D eigenvalue weighted by Crippen LogP contribution is -2.39. The van der Waals surface area contributed by atoms with Crippen LogP contribution in [0.3, 0.4) is 0 Å². The summed E-state index contributed by atoms with van der Waals surface area (Å²) in [6.45, 7) is 8.96. The summed E-state index contributed by atoms with van der Waals surface area (Å²) in [5.74, 6) is -0.497. The summed E-state index contributed by atoms with van der Waals surface area (Å²) in [5.41, 5.74) is -0.340. The molecular weight excluding hydrogens is 469 g/mol. The molecule has 0 aromatic heterocycles. The highest BCUT2D eigenvalue weighted by Gasteiger charge is 2.15. The first-order valence-electron chi connectivity index (χ1n) is 8.64. The van der Waals surface area contributed by atoms with E-state index in [9.17, 15) is 13.6 Å². The number of aliphatic imine (C=N–C) groups is 1. The molecule has 0 aliphatic heterocycles. The molecule has 0 aliphatic rings. The second kappa shape index (κ2) is 12.7. The number of ether oxygens (including phenoxy) is 1. The normalized spacial score (nSPS) is 11.4. The second-order valence-electron chi connectivity index (χ2n) is 6.64. The maximum atomic E-state index is 13.6. The highest BCUT2D eigenvalue weighted by molar-refractivity contribution is 14.0. The molecule has 3 N–H and O–H groups in total. The van der Waals surface area contributed by atoms with Gasteiger partial charge in [0.2, 0.25) is 0 Å². The van der Waals surface area contributed by atoms with Crippen molar-refractivity contribution in [2.45, 2.75) is 46.3 Å². The van der Waals surface area contributed by atoms with Gasteiger partial charge in [-0.05, 0) is 52.3 Å². The van der Waals surface area contributed by atoms with Crippen LogP contribution in [-0.2, 0) is 11.3 Å². The Labute approximate surface area is 176 Å². The quantitative estimate of drug-likeness (QED) is 0.233.